The number of hydrogen-bond acceptors (Lipinski definition) is 4. The van der Waals surface area contributed by atoms with Crippen LogP contribution in [0, 0.1) is 0 Å². The second kappa shape index (κ2) is 7.75. The Balaban J connectivity index is 1.82. The maximum Gasteiger partial charge on any atom is 0.255 e. The number of carbonyl (C=O) groups excluding carboxylic acids is 2. The van der Waals surface area contributed by atoms with Crippen LogP contribution >= 0.6 is 0 Å². The Labute approximate surface area is 166 Å². The highest BCUT2D eigenvalue weighted by atomic mass is 19.1. The third-order valence-electron chi connectivity index (χ3n) is 4.89. The molecule has 1 aliphatic rings. The predicted octanol–water partition coefficient (Wildman–Crippen LogP) is 2.88. The highest BCUT2D eigenvalue weighted by molar-refractivity contribution is 6.07. The minimum atomic E-state index is -0.775. The van der Waals surface area contributed by atoms with Gasteiger partial charge in [0.25, 0.3) is 11.8 Å². The highest BCUT2D eigenvalue weighted by Crippen LogP contribution is 2.45. The fourth-order valence-electron chi connectivity index (χ4n) is 3.57. The van der Waals surface area contributed by atoms with E-state index in [4.69, 9.17) is 4.74 Å². The van der Waals surface area contributed by atoms with Gasteiger partial charge in [-0.15, -0.1) is 0 Å². The van der Waals surface area contributed by atoms with Crippen LogP contribution in [-0.2, 0) is 0 Å². The number of amides is 2. The normalized spacial score (nSPS) is 17.3. The van der Waals surface area contributed by atoms with Crippen LogP contribution in [0.2, 0.25) is 0 Å². The monoisotopic (exact) mass is 394 g/mol. The average Bonchev–Trinajstić information content (AvgIpc) is 3.40. The summed E-state index contributed by atoms with van der Waals surface area (Å²) in [5.41, 5.74) is 2.42. The number of benzene rings is 2. The van der Waals surface area contributed by atoms with E-state index in [-0.39, 0.29) is 11.1 Å². The lowest BCUT2D eigenvalue weighted by molar-refractivity contribution is 0.0955. The van der Waals surface area contributed by atoms with Crippen LogP contribution in [0.1, 0.15) is 37.8 Å². The molecule has 2 aromatic carbocycles. The number of nitrogens with one attached hydrogen (secondary N) is 3. The number of carbonyl (C=O) groups is 2. The number of aromatic nitrogens is 2. The van der Waals surface area contributed by atoms with Gasteiger partial charge in [0.2, 0.25) is 0 Å². The van der Waals surface area contributed by atoms with E-state index in [2.05, 4.69) is 20.8 Å². The molecule has 2 atom stereocenters. The van der Waals surface area contributed by atoms with Gasteiger partial charge in [-0.2, -0.15) is 5.10 Å². The molecule has 0 saturated carbocycles. The molecule has 0 aliphatic carbocycles. The molecule has 0 spiro atoms. The summed E-state index contributed by atoms with van der Waals surface area (Å²) < 4.78 is 19.6. The van der Waals surface area contributed by atoms with Gasteiger partial charge in [0.1, 0.15) is 18.5 Å². The maximum absolute atomic E-state index is 13.8. The molecule has 3 aromatic rings. The Kier molecular flexibility index (Phi) is 4.99. The smallest absolute Gasteiger partial charge is 0.255 e. The lowest BCUT2D eigenvalue weighted by atomic mass is 9.86. The standard InChI is InChI=1S/C21H19FN4O3/c1-23-21(28)16-8-13(20(27)26-14-10-24-25-11-14)7-15-18(12-5-3-2-4-6-12)17(9-22)29-19(15)16/h2-8,10-11,17-18H,9H2,1H3,(H,23,28)(H,24,25)(H,26,27)/t17-,18+/m0/s1. The topological polar surface area (TPSA) is 96.1 Å². The lowest BCUT2D eigenvalue weighted by Gasteiger charge is -2.16. The third-order valence-corrected chi connectivity index (χ3v) is 4.89. The first-order valence-corrected chi connectivity index (χ1v) is 9.10. The average molecular weight is 394 g/mol. The molecule has 0 unspecified atom stereocenters. The summed E-state index contributed by atoms with van der Waals surface area (Å²) in [6, 6.07) is 12.5. The summed E-state index contributed by atoms with van der Waals surface area (Å²) in [7, 11) is 1.49. The summed E-state index contributed by atoms with van der Waals surface area (Å²) in [5, 5.41) is 11.7. The van der Waals surface area contributed by atoms with Crippen molar-refractivity contribution in [3.63, 3.8) is 0 Å². The molecule has 0 bridgehead atoms. The molecular formula is C21H19FN4O3. The maximum atomic E-state index is 13.8. The zero-order valence-electron chi connectivity index (χ0n) is 15.6. The number of alkyl halides is 1. The van der Waals surface area contributed by atoms with Crippen LogP contribution < -0.4 is 15.4 Å². The Morgan fingerprint density at radius 3 is 2.66 bits per heavy atom. The number of rotatable bonds is 5. The first kappa shape index (κ1) is 18.7. The number of anilines is 1. The van der Waals surface area contributed by atoms with Crippen molar-refractivity contribution >= 4 is 17.5 Å². The number of ether oxygens (including phenoxy) is 1. The summed E-state index contributed by atoms with van der Waals surface area (Å²) in [4.78, 5) is 25.2. The van der Waals surface area contributed by atoms with E-state index < -0.39 is 30.5 Å². The van der Waals surface area contributed by atoms with Gasteiger partial charge in [-0.05, 0) is 17.7 Å². The molecule has 0 fully saturated rings. The zero-order chi connectivity index (χ0) is 20.4. The molecule has 0 radical (unpaired) electrons. The van der Waals surface area contributed by atoms with Crippen LogP contribution in [-0.4, -0.2) is 41.8 Å². The molecule has 2 heterocycles. The Hall–Kier alpha value is -3.68. The van der Waals surface area contributed by atoms with E-state index >= 15 is 0 Å². The first-order chi connectivity index (χ1) is 14.1. The molecule has 8 heteroatoms. The fraction of sp³-hybridized carbons (Fsp3) is 0.190. The highest BCUT2D eigenvalue weighted by Gasteiger charge is 2.39. The van der Waals surface area contributed by atoms with Crippen molar-refractivity contribution in [1.29, 1.82) is 0 Å². The van der Waals surface area contributed by atoms with Gasteiger partial charge in [-0.1, -0.05) is 30.3 Å². The van der Waals surface area contributed by atoms with Gasteiger partial charge in [-0.3, -0.25) is 14.7 Å². The van der Waals surface area contributed by atoms with Gasteiger partial charge in [-0.25, -0.2) is 4.39 Å². The lowest BCUT2D eigenvalue weighted by Crippen LogP contribution is -2.22. The number of hydrogen-bond donors (Lipinski definition) is 3. The van der Waals surface area contributed by atoms with Crippen molar-refractivity contribution in [2.45, 2.75) is 12.0 Å². The van der Waals surface area contributed by atoms with Crippen molar-refractivity contribution in [3.05, 3.63) is 77.1 Å². The van der Waals surface area contributed by atoms with Crippen molar-refractivity contribution in [3.8, 4) is 5.75 Å². The van der Waals surface area contributed by atoms with Gasteiger partial charge < -0.3 is 15.4 Å². The van der Waals surface area contributed by atoms with E-state index in [0.717, 1.165) is 5.56 Å². The fourth-order valence-corrected chi connectivity index (χ4v) is 3.57. The van der Waals surface area contributed by atoms with Crippen LogP contribution in [0.4, 0.5) is 10.1 Å². The van der Waals surface area contributed by atoms with E-state index in [9.17, 15) is 14.0 Å². The van der Waals surface area contributed by atoms with Crippen LogP contribution in [0.25, 0.3) is 0 Å². The summed E-state index contributed by atoms with van der Waals surface area (Å²) in [5.74, 6) is -0.942. The third kappa shape index (κ3) is 3.44. The van der Waals surface area contributed by atoms with Crippen LogP contribution in [0.3, 0.4) is 0 Å². The van der Waals surface area contributed by atoms with Gasteiger partial charge in [0, 0.05) is 24.4 Å². The zero-order valence-corrected chi connectivity index (χ0v) is 15.6. The van der Waals surface area contributed by atoms with Gasteiger partial charge in [0.05, 0.1) is 23.4 Å². The summed E-state index contributed by atoms with van der Waals surface area (Å²) in [6.07, 6.45) is 2.24. The number of fused-ring (bicyclic) bond motifs is 1. The summed E-state index contributed by atoms with van der Waals surface area (Å²) >= 11 is 0. The van der Waals surface area contributed by atoms with E-state index in [1.54, 1.807) is 12.3 Å². The Morgan fingerprint density at radius 2 is 2.00 bits per heavy atom. The van der Waals surface area contributed by atoms with Crippen LogP contribution in [0.15, 0.2) is 54.9 Å². The van der Waals surface area contributed by atoms with Crippen molar-refractivity contribution in [2.75, 3.05) is 19.0 Å². The van der Waals surface area contributed by atoms with Crippen molar-refractivity contribution in [1.82, 2.24) is 15.5 Å². The van der Waals surface area contributed by atoms with Gasteiger partial charge >= 0.3 is 0 Å². The minimum Gasteiger partial charge on any atom is -0.486 e. The van der Waals surface area contributed by atoms with Gasteiger partial charge in [0.15, 0.2) is 0 Å². The molecule has 148 valence electrons. The molecule has 1 aromatic heterocycles. The molecule has 1 aliphatic heterocycles. The van der Waals surface area contributed by atoms with Crippen molar-refractivity contribution in [2.24, 2.45) is 0 Å². The molecule has 7 nitrogen and oxygen atoms in total. The quantitative estimate of drug-likeness (QED) is 0.620. The molecule has 0 saturated heterocycles. The summed E-state index contributed by atoms with van der Waals surface area (Å²) in [6.45, 7) is -0.724. The second-order valence-corrected chi connectivity index (χ2v) is 6.66. The van der Waals surface area contributed by atoms with E-state index in [0.29, 0.717) is 17.0 Å². The Bertz CT molecular complexity index is 1040. The minimum absolute atomic E-state index is 0.194. The second-order valence-electron chi connectivity index (χ2n) is 6.66. The molecule has 29 heavy (non-hydrogen) atoms. The SMILES string of the molecule is CNC(=O)c1cc(C(=O)Nc2cn[nH]c2)cc2c1O[C@@H](CF)[C@@H]2c1ccccc1. The van der Waals surface area contributed by atoms with Crippen LogP contribution in [0.5, 0.6) is 5.75 Å². The van der Waals surface area contributed by atoms with E-state index in [1.807, 2.05) is 30.3 Å². The molecule has 4 rings (SSSR count). The van der Waals surface area contributed by atoms with E-state index in [1.165, 1.54) is 19.3 Å². The number of H-pyrrole nitrogens is 1. The number of halogens is 1. The largest absolute Gasteiger partial charge is 0.486 e. The molecular weight excluding hydrogens is 375 g/mol. The number of nitrogens with zero attached hydrogens (tertiary/aromatic N) is 1. The van der Waals surface area contributed by atoms with Crippen molar-refractivity contribution < 1.29 is 18.7 Å². The predicted molar refractivity (Wildman–Crippen MR) is 105 cm³/mol. The Morgan fingerprint density at radius 1 is 1.21 bits per heavy atom. The molecule has 3 N–H and O–H groups in total. The first-order valence-electron chi connectivity index (χ1n) is 9.10. The number of aromatic amines is 1. The molecule has 2 amide bonds.